The highest BCUT2D eigenvalue weighted by atomic mass is 16.5. The molecule has 1 unspecified atom stereocenters. The molecule has 200 valence electrons. The zero-order valence-electron chi connectivity index (χ0n) is 22.6. The highest BCUT2D eigenvalue weighted by molar-refractivity contribution is 5.94. The Balaban J connectivity index is 1.13. The van der Waals surface area contributed by atoms with Gasteiger partial charge < -0.3 is 15.0 Å². The van der Waals surface area contributed by atoms with E-state index in [1.807, 2.05) is 24.3 Å². The molecule has 2 aliphatic rings. The van der Waals surface area contributed by atoms with Crippen molar-refractivity contribution < 1.29 is 9.53 Å². The Morgan fingerprint density at radius 2 is 1.58 bits per heavy atom. The zero-order chi connectivity index (χ0) is 26.2. The average molecular weight is 512 g/mol. The summed E-state index contributed by atoms with van der Waals surface area (Å²) in [5.41, 5.74) is 3.40. The van der Waals surface area contributed by atoms with Crippen LogP contribution in [0.15, 0.2) is 84.9 Å². The van der Waals surface area contributed by atoms with Gasteiger partial charge in [0.2, 0.25) is 0 Å². The van der Waals surface area contributed by atoms with Gasteiger partial charge in [-0.2, -0.15) is 0 Å². The molecule has 0 aromatic heterocycles. The first-order valence-electron chi connectivity index (χ1n) is 14.3. The lowest BCUT2D eigenvalue weighted by Gasteiger charge is -2.34. The maximum absolute atomic E-state index is 12.8. The number of likely N-dealkylation sites (N-methyl/N-ethyl adjacent to an activating group) is 1. The second-order valence-corrected chi connectivity index (χ2v) is 10.7. The molecule has 1 amide bonds. The summed E-state index contributed by atoms with van der Waals surface area (Å²) in [7, 11) is 0. The molecule has 1 atom stereocenters. The number of piperidine rings is 1. The van der Waals surface area contributed by atoms with Crippen molar-refractivity contribution in [3.8, 4) is 5.75 Å². The largest absolute Gasteiger partial charge is 0.490 e. The van der Waals surface area contributed by atoms with Crippen LogP contribution in [0.5, 0.6) is 5.75 Å². The highest BCUT2D eigenvalue weighted by Crippen LogP contribution is 2.28. The molecule has 1 N–H and O–H groups in total. The monoisotopic (exact) mass is 511 g/mol. The number of hydrogen-bond donors (Lipinski definition) is 1. The van der Waals surface area contributed by atoms with Crippen molar-refractivity contribution in [2.24, 2.45) is 0 Å². The van der Waals surface area contributed by atoms with Gasteiger partial charge in [0, 0.05) is 43.7 Å². The van der Waals surface area contributed by atoms with E-state index in [9.17, 15) is 4.79 Å². The molecule has 0 saturated carbocycles. The summed E-state index contributed by atoms with van der Waals surface area (Å²) in [5.74, 6) is 1.14. The van der Waals surface area contributed by atoms with Gasteiger partial charge in [0.05, 0.1) is 0 Å². The fourth-order valence-corrected chi connectivity index (χ4v) is 6.00. The second-order valence-electron chi connectivity index (χ2n) is 10.7. The standard InChI is InChI=1S/C33H41N3O2/c1-2-36-20-10-16-29(36)24-34-33(37)28-15-9-17-31(23-28)38-30-18-21-35(22-19-30)25-32(26-11-5-3-6-12-26)27-13-7-4-8-14-27/h3-9,11-15,17,23,29-30,32H,2,10,16,18-22,24-25H2,1H3,(H,34,37). The van der Waals surface area contributed by atoms with Gasteiger partial charge in [0.1, 0.15) is 11.9 Å². The highest BCUT2D eigenvalue weighted by Gasteiger charge is 2.25. The summed E-state index contributed by atoms with van der Waals surface area (Å²) in [6.45, 7) is 8.11. The number of nitrogens with zero attached hydrogens (tertiary/aromatic N) is 2. The van der Waals surface area contributed by atoms with E-state index in [0.29, 0.717) is 24.1 Å². The third kappa shape index (κ3) is 6.83. The van der Waals surface area contributed by atoms with Crippen LogP contribution in [0.4, 0.5) is 0 Å². The maximum atomic E-state index is 12.8. The van der Waals surface area contributed by atoms with Crippen molar-refractivity contribution >= 4 is 5.91 Å². The van der Waals surface area contributed by atoms with Crippen LogP contribution in [0.1, 0.15) is 60.0 Å². The van der Waals surface area contributed by atoms with Gasteiger partial charge >= 0.3 is 0 Å². The van der Waals surface area contributed by atoms with Crippen LogP contribution in [0.25, 0.3) is 0 Å². The Kier molecular flexibility index (Phi) is 9.11. The number of amides is 1. The third-order valence-corrected chi connectivity index (χ3v) is 8.18. The van der Waals surface area contributed by atoms with E-state index in [-0.39, 0.29) is 12.0 Å². The topological polar surface area (TPSA) is 44.8 Å². The van der Waals surface area contributed by atoms with E-state index in [1.54, 1.807) is 0 Å². The molecule has 0 radical (unpaired) electrons. The molecule has 38 heavy (non-hydrogen) atoms. The minimum atomic E-state index is -0.0129. The van der Waals surface area contributed by atoms with Crippen molar-refractivity contribution in [3.05, 3.63) is 102 Å². The van der Waals surface area contributed by atoms with Crippen LogP contribution in [0, 0.1) is 0 Å². The van der Waals surface area contributed by atoms with E-state index < -0.39 is 0 Å². The minimum Gasteiger partial charge on any atom is -0.490 e. The lowest BCUT2D eigenvalue weighted by Crippen LogP contribution is -2.40. The van der Waals surface area contributed by atoms with Crippen LogP contribution < -0.4 is 10.1 Å². The number of carbonyl (C=O) groups is 1. The molecule has 2 fully saturated rings. The molecule has 5 heteroatoms. The first kappa shape index (κ1) is 26.5. The van der Waals surface area contributed by atoms with E-state index in [0.717, 1.165) is 57.7 Å². The maximum Gasteiger partial charge on any atom is 0.251 e. The van der Waals surface area contributed by atoms with Crippen LogP contribution in [-0.4, -0.2) is 67.1 Å². The smallest absolute Gasteiger partial charge is 0.251 e. The molecule has 3 aromatic rings. The molecular weight excluding hydrogens is 470 g/mol. The molecule has 0 aliphatic carbocycles. The summed E-state index contributed by atoms with van der Waals surface area (Å²) in [6, 6.07) is 29.8. The Bertz CT molecular complexity index is 1110. The molecular formula is C33H41N3O2. The van der Waals surface area contributed by atoms with Gasteiger partial charge in [-0.05, 0) is 68.1 Å². The van der Waals surface area contributed by atoms with Gasteiger partial charge in [-0.15, -0.1) is 0 Å². The number of nitrogens with one attached hydrogen (secondary N) is 1. The first-order valence-corrected chi connectivity index (χ1v) is 14.3. The predicted molar refractivity (Wildman–Crippen MR) is 154 cm³/mol. The number of carbonyl (C=O) groups excluding carboxylic acids is 1. The third-order valence-electron chi connectivity index (χ3n) is 8.18. The predicted octanol–water partition coefficient (Wildman–Crippen LogP) is 5.58. The van der Waals surface area contributed by atoms with Gasteiger partial charge in [-0.3, -0.25) is 9.69 Å². The van der Waals surface area contributed by atoms with E-state index in [1.165, 1.54) is 17.5 Å². The molecule has 2 heterocycles. The molecule has 5 nitrogen and oxygen atoms in total. The van der Waals surface area contributed by atoms with E-state index in [4.69, 9.17) is 4.74 Å². The van der Waals surface area contributed by atoms with E-state index >= 15 is 0 Å². The number of rotatable bonds is 10. The summed E-state index contributed by atoms with van der Waals surface area (Å²) >= 11 is 0. The number of likely N-dealkylation sites (tertiary alicyclic amines) is 2. The molecule has 0 spiro atoms. The van der Waals surface area contributed by atoms with Crippen molar-refractivity contribution in [1.29, 1.82) is 0 Å². The van der Waals surface area contributed by atoms with Gasteiger partial charge in [-0.25, -0.2) is 0 Å². The molecule has 3 aromatic carbocycles. The molecule has 2 saturated heterocycles. The molecule has 0 bridgehead atoms. The summed E-state index contributed by atoms with van der Waals surface area (Å²) in [5, 5.41) is 3.14. The first-order chi connectivity index (χ1) is 18.7. The lowest BCUT2D eigenvalue weighted by atomic mass is 9.90. The van der Waals surface area contributed by atoms with Crippen LogP contribution in [0.2, 0.25) is 0 Å². The van der Waals surface area contributed by atoms with Crippen LogP contribution in [0.3, 0.4) is 0 Å². The normalized spacial score (nSPS) is 19.1. The Hall–Kier alpha value is -3.15. The van der Waals surface area contributed by atoms with Gasteiger partial charge in [0.15, 0.2) is 0 Å². The number of ether oxygens (including phenoxy) is 1. The number of benzene rings is 3. The summed E-state index contributed by atoms with van der Waals surface area (Å²) < 4.78 is 6.37. The Morgan fingerprint density at radius 3 is 2.24 bits per heavy atom. The summed E-state index contributed by atoms with van der Waals surface area (Å²) in [6.07, 6.45) is 4.53. The molecule has 5 rings (SSSR count). The SMILES string of the molecule is CCN1CCCC1CNC(=O)c1cccc(OC2CCN(CC(c3ccccc3)c3ccccc3)CC2)c1. The molecule has 2 aliphatic heterocycles. The van der Waals surface area contributed by atoms with Crippen molar-refractivity contribution in [2.75, 3.05) is 39.3 Å². The lowest BCUT2D eigenvalue weighted by molar-refractivity contribution is 0.0931. The second kappa shape index (κ2) is 13.1. The van der Waals surface area contributed by atoms with Gasteiger partial charge in [0.25, 0.3) is 5.91 Å². The fourth-order valence-electron chi connectivity index (χ4n) is 6.00. The van der Waals surface area contributed by atoms with Crippen molar-refractivity contribution in [1.82, 2.24) is 15.1 Å². The quantitative estimate of drug-likeness (QED) is 0.386. The summed E-state index contributed by atoms with van der Waals surface area (Å²) in [4.78, 5) is 17.8. The van der Waals surface area contributed by atoms with Crippen LogP contribution in [-0.2, 0) is 0 Å². The van der Waals surface area contributed by atoms with Crippen molar-refractivity contribution in [2.45, 2.75) is 50.7 Å². The fraction of sp³-hybridized carbons (Fsp3) is 0.424. The van der Waals surface area contributed by atoms with Gasteiger partial charge in [-0.1, -0.05) is 73.7 Å². The van der Waals surface area contributed by atoms with Crippen molar-refractivity contribution in [3.63, 3.8) is 0 Å². The Morgan fingerprint density at radius 1 is 0.895 bits per heavy atom. The van der Waals surface area contributed by atoms with Crippen LogP contribution >= 0.6 is 0 Å². The number of hydrogen-bond acceptors (Lipinski definition) is 4. The Labute approximate surface area is 227 Å². The zero-order valence-corrected chi connectivity index (χ0v) is 22.6. The average Bonchev–Trinajstić information content (AvgIpc) is 3.44. The minimum absolute atomic E-state index is 0.0129. The van der Waals surface area contributed by atoms with E-state index in [2.05, 4.69) is 82.7 Å².